The number of benzene rings is 1. The molecular weight excluding hydrogens is 322 g/mol. The van der Waals surface area contributed by atoms with E-state index in [1.807, 2.05) is 12.1 Å². The number of amides is 1. The quantitative estimate of drug-likeness (QED) is 0.865. The average Bonchev–Trinajstić information content (AvgIpc) is 2.48. The van der Waals surface area contributed by atoms with E-state index in [-0.39, 0.29) is 12.0 Å². The van der Waals surface area contributed by atoms with E-state index in [0.29, 0.717) is 12.1 Å². The molecular formula is C15H20BrNO3. The molecule has 0 unspecified atom stereocenters. The molecule has 0 aromatic heterocycles. The third-order valence-corrected chi connectivity index (χ3v) is 4.00. The number of carbonyl (C=O) groups excluding carboxylic acids is 1. The highest BCUT2D eigenvalue weighted by Gasteiger charge is 2.18. The Balaban J connectivity index is 1.74. The fourth-order valence-electron chi connectivity index (χ4n) is 2.28. The number of halogens is 1. The maximum atomic E-state index is 11.9. The standard InChI is InChI=1S/C15H20BrNO3/c16-12-6-4-11(5-7-12)14(18)15(19)17-9-8-13-3-1-2-10-20-13/h4-7,13-14,18H,1-3,8-10H2,(H,17,19)/t13-,14-/m0/s1. The van der Waals surface area contributed by atoms with Crippen molar-refractivity contribution < 1.29 is 14.6 Å². The van der Waals surface area contributed by atoms with Crippen LogP contribution in [0.2, 0.25) is 0 Å². The van der Waals surface area contributed by atoms with Crippen LogP contribution < -0.4 is 5.32 Å². The molecule has 5 heteroatoms. The lowest BCUT2D eigenvalue weighted by molar-refractivity contribution is -0.129. The third kappa shape index (κ3) is 4.58. The zero-order chi connectivity index (χ0) is 14.4. The monoisotopic (exact) mass is 341 g/mol. The van der Waals surface area contributed by atoms with Gasteiger partial charge in [-0.3, -0.25) is 4.79 Å². The largest absolute Gasteiger partial charge is 0.378 e. The number of rotatable bonds is 5. The molecule has 20 heavy (non-hydrogen) atoms. The van der Waals surface area contributed by atoms with Crippen molar-refractivity contribution in [1.82, 2.24) is 5.32 Å². The first-order valence-electron chi connectivity index (χ1n) is 6.99. The van der Waals surface area contributed by atoms with E-state index >= 15 is 0 Å². The molecule has 4 nitrogen and oxygen atoms in total. The molecule has 1 aromatic carbocycles. The highest BCUT2D eigenvalue weighted by molar-refractivity contribution is 9.10. The summed E-state index contributed by atoms with van der Waals surface area (Å²) in [6.45, 7) is 1.36. The Labute approximate surface area is 127 Å². The van der Waals surface area contributed by atoms with E-state index in [1.165, 1.54) is 6.42 Å². The van der Waals surface area contributed by atoms with Crippen LogP contribution in [0.5, 0.6) is 0 Å². The van der Waals surface area contributed by atoms with E-state index in [9.17, 15) is 9.90 Å². The summed E-state index contributed by atoms with van der Waals surface area (Å²) in [5.41, 5.74) is 0.597. The van der Waals surface area contributed by atoms with Crippen LogP contribution in [0, 0.1) is 0 Å². The van der Waals surface area contributed by atoms with Gasteiger partial charge in [-0.1, -0.05) is 28.1 Å². The van der Waals surface area contributed by atoms with Gasteiger partial charge in [-0.25, -0.2) is 0 Å². The topological polar surface area (TPSA) is 58.6 Å². The molecule has 0 bridgehead atoms. The Morgan fingerprint density at radius 1 is 1.40 bits per heavy atom. The van der Waals surface area contributed by atoms with E-state index < -0.39 is 6.10 Å². The number of ether oxygens (including phenoxy) is 1. The van der Waals surface area contributed by atoms with Crippen molar-refractivity contribution in [2.24, 2.45) is 0 Å². The summed E-state index contributed by atoms with van der Waals surface area (Å²) >= 11 is 3.32. The van der Waals surface area contributed by atoms with Crippen LogP contribution in [0.25, 0.3) is 0 Å². The second-order valence-electron chi connectivity index (χ2n) is 5.02. The number of hydrogen-bond acceptors (Lipinski definition) is 3. The molecule has 0 radical (unpaired) electrons. The predicted octanol–water partition coefficient (Wildman–Crippen LogP) is 2.56. The van der Waals surface area contributed by atoms with Crippen LogP contribution in [0.3, 0.4) is 0 Å². The first kappa shape index (κ1) is 15.5. The highest BCUT2D eigenvalue weighted by atomic mass is 79.9. The van der Waals surface area contributed by atoms with Gasteiger partial charge in [0, 0.05) is 17.6 Å². The Kier molecular flexibility index (Phi) is 6.01. The molecule has 1 aromatic rings. The van der Waals surface area contributed by atoms with Gasteiger partial charge in [-0.05, 0) is 43.4 Å². The van der Waals surface area contributed by atoms with Crippen LogP contribution >= 0.6 is 15.9 Å². The first-order chi connectivity index (χ1) is 9.66. The number of aliphatic hydroxyl groups excluding tert-OH is 1. The molecule has 110 valence electrons. The molecule has 1 aliphatic rings. The van der Waals surface area contributed by atoms with Crippen LogP contribution in [0.15, 0.2) is 28.7 Å². The molecule has 1 amide bonds. The normalized spacial score (nSPS) is 20.4. The molecule has 0 spiro atoms. The van der Waals surface area contributed by atoms with Crippen LogP contribution in [0.1, 0.15) is 37.4 Å². The first-order valence-corrected chi connectivity index (χ1v) is 7.79. The predicted molar refractivity (Wildman–Crippen MR) is 80.3 cm³/mol. The lowest BCUT2D eigenvalue weighted by atomic mass is 10.1. The molecule has 2 rings (SSSR count). The maximum absolute atomic E-state index is 11.9. The van der Waals surface area contributed by atoms with Crippen LogP contribution in [-0.4, -0.2) is 30.3 Å². The second-order valence-corrected chi connectivity index (χ2v) is 5.94. The average molecular weight is 342 g/mol. The summed E-state index contributed by atoms with van der Waals surface area (Å²) in [5, 5.41) is 12.7. The molecule has 2 N–H and O–H groups in total. The maximum Gasteiger partial charge on any atom is 0.253 e. The Bertz CT molecular complexity index is 429. The SMILES string of the molecule is O=C(NCC[C@@H]1CCCCO1)[C@@H](O)c1ccc(Br)cc1. The summed E-state index contributed by atoms with van der Waals surface area (Å²) < 4.78 is 6.52. The van der Waals surface area contributed by atoms with Crippen molar-refractivity contribution in [3.05, 3.63) is 34.3 Å². The van der Waals surface area contributed by atoms with Gasteiger partial charge < -0.3 is 15.2 Å². The molecule has 1 fully saturated rings. The molecule has 2 atom stereocenters. The number of carbonyl (C=O) groups is 1. The van der Waals surface area contributed by atoms with Gasteiger partial charge in [0.15, 0.2) is 6.10 Å². The van der Waals surface area contributed by atoms with E-state index in [0.717, 1.165) is 30.3 Å². The summed E-state index contributed by atoms with van der Waals surface area (Å²) in [4.78, 5) is 11.9. The van der Waals surface area contributed by atoms with E-state index in [1.54, 1.807) is 12.1 Å². The van der Waals surface area contributed by atoms with Crippen LogP contribution in [0.4, 0.5) is 0 Å². The summed E-state index contributed by atoms with van der Waals surface area (Å²) in [5.74, 6) is -0.358. The number of hydrogen-bond donors (Lipinski definition) is 2. The minimum absolute atomic E-state index is 0.244. The van der Waals surface area contributed by atoms with E-state index in [4.69, 9.17) is 4.74 Å². The second kappa shape index (κ2) is 7.76. The van der Waals surface area contributed by atoms with Gasteiger partial charge in [0.05, 0.1) is 6.10 Å². The van der Waals surface area contributed by atoms with E-state index in [2.05, 4.69) is 21.2 Å². The van der Waals surface area contributed by atoms with Gasteiger partial charge in [-0.15, -0.1) is 0 Å². The summed E-state index contributed by atoms with van der Waals surface area (Å²) in [6.07, 6.45) is 3.32. The molecule has 1 heterocycles. The fourth-order valence-corrected chi connectivity index (χ4v) is 2.55. The van der Waals surface area contributed by atoms with Gasteiger partial charge in [-0.2, -0.15) is 0 Å². The third-order valence-electron chi connectivity index (χ3n) is 3.47. The fraction of sp³-hybridized carbons (Fsp3) is 0.533. The Morgan fingerprint density at radius 3 is 2.80 bits per heavy atom. The van der Waals surface area contributed by atoms with Gasteiger partial charge >= 0.3 is 0 Å². The van der Waals surface area contributed by atoms with Crippen molar-refractivity contribution in [2.45, 2.75) is 37.9 Å². The van der Waals surface area contributed by atoms with Crippen molar-refractivity contribution in [3.8, 4) is 0 Å². The van der Waals surface area contributed by atoms with Crippen LogP contribution in [-0.2, 0) is 9.53 Å². The molecule has 0 saturated carbocycles. The van der Waals surface area contributed by atoms with Gasteiger partial charge in [0.2, 0.25) is 0 Å². The smallest absolute Gasteiger partial charge is 0.253 e. The molecule has 0 aliphatic carbocycles. The molecule has 1 saturated heterocycles. The Hall–Kier alpha value is -0.910. The highest BCUT2D eigenvalue weighted by Crippen LogP contribution is 2.17. The lowest BCUT2D eigenvalue weighted by Gasteiger charge is -2.22. The summed E-state index contributed by atoms with van der Waals surface area (Å²) in [6, 6.07) is 7.08. The van der Waals surface area contributed by atoms with Crippen molar-refractivity contribution in [1.29, 1.82) is 0 Å². The van der Waals surface area contributed by atoms with Crippen molar-refractivity contribution >= 4 is 21.8 Å². The minimum Gasteiger partial charge on any atom is -0.378 e. The number of nitrogens with one attached hydrogen (secondary N) is 1. The lowest BCUT2D eigenvalue weighted by Crippen LogP contribution is -2.32. The zero-order valence-corrected chi connectivity index (χ0v) is 12.9. The van der Waals surface area contributed by atoms with Gasteiger partial charge in [0.1, 0.15) is 0 Å². The Morgan fingerprint density at radius 2 is 2.15 bits per heavy atom. The summed E-state index contributed by atoms with van der Waals surface area (Å²) in [7, 11) is 0. The van der Waals surface area contributed by atoms with Crippen molar-refractivity contribution in [2.75, 3.05) is 13.2 Å². The van der Waals surface area contributed by atoms with Crippen molar-refractivity contribution in [3.63, 3.8) is 0 Å². The zero-order valence-electron chi connectivity index (χ0n) is 11.3. The molecule has 1 aliphatic heterocycles. The number of aliphatic hydroxyl groups is 1. The minimum atomic E-state index is -1.12. The van der Waals surface area contributed by atoms with Gasteiger partial charge in [0.25, 0.3) is 5.91 Å².